The predicted molar refractivity (Wildman–Crippen MR) is 72.8 cm³/mol. The molecule has 0 saturated carbocycles. The Bertz CT molecular complexity index is 239. The third-order valence-corrected chi connectivity index (χ3v) is 3.87. The fourth-order valence-electron chi connectivity index (χ4n) is 2.92. The van der Waals surface area contributed by atoms with Gasteiger partial charge in [-0.3, -0.25) is 4.90 Å². The Kier molecular flexibility index (Phi) is 5.01. The summed E-state index contributed by atoms with van der Waals surface area (Å²) >= 11 is 0. The molecule has 2 aliphatic heterocycles. The smallest absolute Gasteiger partial charge is 0.0718 e. The van der Waals surface area contributed by atoms with Crippen molar-refractivity contribution in [3.8, 4) is 0 Å². The Morgan fingerprint density at radius 3 is 2.39 bits per heavy atom. The number of piperazine rings is 1. The van der Waals surface area contributed by atoms with Crippen molar-refractivity contribution in [2.24, 2.45) is 0 Å². The fourth-order valence-corrected chi connectivity index (χ4v) is 2.92. The van der Waals surface area contributed by atoms with Crippen LogP contribution in [-0.2, 0) is 4.74 Å². The first-order valence-electron chi connectivity index (χ1n) is 7.32. The molecule has 4 nitrogen and oxygen atoms in total. The number of hydrogen-bond donors (Lipinski definition) is 1. The molecule has 0 amide bonds. The van der Waals surface area contributed by atoms with E-state index in [0.717, 1.165) is 39.3 Å². The second kappa shape index (κ2) is 6.33. The summed E-state index contributed by atoms with van der Waals surface area (Å²) in [6, 6.07) is 0. The van der Waals surface area contributed by atoms with Crippen molar-refractivity contribution >= 4 is 0 Å². The van der Waals surface area contributed by atoms with Crippen LogP contribution in [0.5, 0.6) is 0 Å². The maximum absolute atomic E-state index is 9.81. The normalized spacial score (nSPS) is 27.8. The number of ether oxygens (including phenoxy) is 1. The molecule has 2 aliphatic rings. The van der Waals surface area contributed by atoms with Crippen molar-refractivity contribution in [1.82, 2.24) is 9.80 Å². The van der Waals surface area contributed by atoms with E-state index in [9.17, 15) is 5.11 Å². The Morgan fingerprint density at radius 1 is 1.17 bits per heavy atom. The van der Waals surface area contributed by atoms with Crippen LogP contribution in [0.1, 0.15) is 33.1 Å². The molecular formula is C14H28N2O2. The zero-order chi connectivity index (χ0) is 13.0. The average molecular weight is 256 g/mol. The van der Waals surface area contributed by atoms with E-state index in [0.29, 0.717) is 6.10 Å². The maximum Gasteiger partial charge on any atom is 0.0718 e. The van der Waals surface area contributed by atoms with Crippen molar-refractivity contribution in [2.45, 2.75) is 44.8 Å². The summed E-state index contributed by atoms with van der Waals surface area (Å²) < 4.78 is 5.66. The Labute approximate surface area is 111 Å². The van der Waals surface area contributed by atoms with E-state index in [1.54, 1.807) is 0 Å². The van der Waals surface area contributed by atoms with Crippen molar-refractivity contribution in [2.75, 3.05) is 45.9 Å². The molecule has 0 aromatic heterocycles. The first-order chi connectivity index (χ1) is 8.53. The lowest BCUT2D eigenvalue weighted by molar-refractivity contribution is 0.0150. The van der Waals surface area contributed by atoms with Crippen LogP contribution < -0.4 is 0 Å². The predicted octanol–water partition coefficient (Wildman–Crippen LogP) is 0.944. The number of β-amino-alcohol motifs (C(OH)–C–C–N with tert-alkyl or cyclic N) is 1. The molecule has 2 heterocycles. The second-order valence-corrected chi connectivity index (χ2v) is 6.35. The Morgan fingerprint density at radius 2 is 1.83 bits per heavy atom. The maximum atomic E-state index is 9.81. The molecule has 2 rings (SSSR count). The Balaban J connectivity index is 1.61. The van der Waals surface area contributed by atoms with Gasteiger partial charge in [0.25, 0.3) is 0 Å². The van der Waals surface area contributed by atoms with E-state index in [4.69, 9.17) is 4.74 Å². The van der Waals surface area contributed by atoms with Crippen LogP contribution in [0, 0.1) is 0 Å². The summed E-state index contributed by atoms with van der Waals surface area (Å²) in [5.41, 5.74) is -0.570. The molecule has 2 saturated heterocycles. The van der Waals surface area contributed by atoms with E-state index in [1.807, 2.05) is 13.8 Å². The summed E-state index contributed by atoms with van der Waals surface area (Å²) in [5.74, 6) is 0. The van der Waals surface area contributed by atoms with E-state index < -0.39 is 5.60 Å². The minimum atomic E-state index is -0.570. The fraction of sp³-hybridized carbons (Fsp3) is 1.00. The van der Waals surface area contributed by atoms with Gasteiger partial charge in [-0.05, 0) is 33.1 Å². The summed E-state index contributed by atoms with van der Waals surface area (Å²) in [5, 5.41) is 9.81. The zero-order valence-corrected chi connectivity index (χ0v) is 11.9. The van der Waals surface area contributed by atoms with Crippen LogP contribution in [0.25, 0.3) is 0 Å². The number of aliphatic hydroxyl groups is 1. The van der Waals surface area contributed by atoms with Gasteiger partial charge in [0.1, 0.15) is 0 Å². The van der Waals surface area contributed by atoms with Gasteiger partial charge in [0, 0.05) is 45.9 Å². The highest BCUT2D eigenvalue weighted by Gasteiger charge is 2.23. The molecule has 1 unspecified atom stereocenters. The quantitative estimate of drug-likeness (QED) is 0.794. The third kappa shape index (κ3) is 4.84. The summed E-state index contributed by atoms with van der Waals surface area (Å²) in [4.78, 5) is 4.89. The Hall–Kier alpha value is -0.160. The summed E-state index contributed by atoms with van der Waals surface area (Å²) in [7, 11) is 0. The van der Waals surface area contributed by atoms with Gasteiger partial charge in [-0.25, -0.2) is 0 Å². The molecule has 0 aromatic carbocycles. The molecule has 1 atom stereocenters. The summed E-state index contributed by atoms with van der Waals surface area (Å²) in [6.45, 7) is 11.1. The van der Waals surface area contributed by atoms with Gasteiger partial charge in [-0.2, -0.15) is 0 Å². The van der Waals surface area contributed by atoms with Crippen molar-refractivity contribution in [1.29, 1.82) is 0 Å². The second-order valence-electron chi connectivity index (χ2n) is 6.35. The largest absolute Gasteiger partial charge is 0.389 e. The van der Waals surface area contributed by atoms with Gasteiger partial charge in [-0.1, -0.05) is 0 Å². The average Bonchev–Trinajstić information content (AvgIpc) is 2.79. The van der Waals surface area contributed by atoms with Gasteiger partial charge in [-0.15, -0.1) is 0 Å². The number of rotatable bonds is 5. The minimum absolute atomic E-state index is 0.513. The first kappa shape index (κ1) is 14.3. The van der Waals surface area contributed by atoms with Crippen molar-refractivity contribution < 1.29 is 9.84 Å². The standard InChI is InChI=1S/C14H28N2O2/c1-14(2,17)12-16-9-7-15(8-10-16)6-5-13-4-3-11-18-13/h13,17H,3-12H2,1-2H3. The third-order valence-electron chi connectivity index (χ3n) is 3.87. The van der Waals surface area contributed by atoms with Gasteiger partial charge in [0.05, 0.1) is 11.7 Å². The molecule has 0 bridgehead atoms. The molecule has 0 aliphatic carbocycles. The van der Waals surface area contributed by atoms with Crippen molar-refractivity contribution in [3.05, 3.63) is 0 Å². The lowest BCUT2D eigenvalue weighted by Gasteiger charge is -2.37. The monoisotopic (exact) mass is 256 g/mol. The lowest BCUT2D eigenvalue weighted by Crippen LogP contribution is -2.50. The van der Waals surface area contributed by atoms with Crippen molar-refractivity contribution in [3.63, 3.8) is 0 Å². The van der Waals surface area contributed by atoms with Crippen LogP contribution in [0.2, 0.25) is 0 Å². The molecular weight excluding hydrogens is 228 g/mol. The highest BCUT2D eigenvalue weighted by atomic mass is 16.5. The van der Waals surface area contributed by atoms with Crippen LogP contribution in [-0.4, -0.2) is 72.5 Å². The van der Waals surface area contributed by atoms with Crippen LogP contribution in [0.3, 0.4) is 0 Å². The molecule has 18 heavy (non-hydrogen) atoms. The molecule has 106 valence electrons. The van der Waals surface area contributed by atoms with Crippen LogP contribution >= 0.6 is 0 Å². The van der Waals surface area contributed by atoms with Gasteiger partial charge in [0.2, 0.25) is 0 Å². The number of nitrogens with zero attached hydrogens (tertiary/aromatic N) is 2. The minimum Gasteiger partial charge on any atom is -0.389 e. The molecule has 0 spiro atoms. The molecule has 1 N–H and O–H groups in total. The van der Waals surface area contributed by atoms with Crippen LogP contribution in [0.15, 0.2) is 0 Å². The van der Waals surface area contributed by atoms with E-state index in [-0.39, 0.29) is 0 Å². The van der Waals surface area contributed by atoms with Gasteiger partial charge in [0.15, 0.2) is 0 Å². The SMILES string of the molecule is CC(C)(O)CN1CCN(CCC2CCCO2)CC1. The first-order valence-corrected chi connectivity index (χ1v) is 7.32. The highest BCUT2D eigenvalue weighted by Crippen LogP contribution is 2.16. The lowest BCUT2D eigenvalue weighted by atomic mass is 10.1. The summed E-state index contributed by atoms with van der Waals surface area (Å²) in [6.07, 6.45) is 4.19. The van der Waals surface area contributed by atoms with Gasteiger partial charge >= 0.3 is 0 Å². The molecule has 0 aromatic rings. The molecule has 4 heteroatoms. The topological polar surface area (TPSA) is 35.9 Å². The van der Waals surface area contributed by atoms with E-state index in [1.165, 1.54) is 25.8 Å². The molecule has 2 fully saturated rings. The van der Waals surface area contributed by atoms with Crippen LogP contribution in [0.4, 0.5) is 0 Å². The highest BCUT2D eigenvalue weighted by molar-refractivity contribution is 4.78. The molecule has 0 radical (unpaired) electrons. The van der Waals surface area contributed by atoms with Gasteiger partial charge < -0.3 is 14.7 Å². The van der Waals surface area contributed by atoms with E-state index >= 15 is 0 Å². The number of hydrogen-bond acceptors (Lipinski definition) is 4. The zero-order valence-electron chi connectivity index (χ0n) is 11.9. The van der Waals surface area contributed by atoms with E-state index in [2.05, 4.69) is 9.80 Å².